The van der Waals surface area contributed by atoms with Crippen molar-refractivity contribution in [1.82, 2.24) is 14.4 Å². The molecule has 1 saturated heterocycles. The predicted molar refractivity (Wildman–Crippen MR) is 113 cm³/mol. The maximum absolute atomic E-state index is 12.9. The summed E-state index contributed by atoms with van der Waals surface area (Å²) in [6.07, 6.45) is 0. The highest BCUT2D eigenvalue weighted by molar-refractivity contribution is 7.89. The number of nitrogens with one attached hydrogen (secondary N) is 1. The van der Waals surface area contributed by atoms with E-state index in [0.29, 0.717) is 48.7 Å². The number of anilines is 1. The molecular formula is C19H26N4O3S2. The van der Waals surface area contributed by atoms with Gasteiger partial charge in [-0.1, -0.05) is 31.1 Å². The molecule has 3 rings (SSSR count). The van der Waals surface area contributed by atoms with Gasteiger partial charge in [-0.15, -0.1) is 0 Å². The first-order valence-electron chi connectivity index (χ1n) is 9.29. The van der Waals surface area contributed by atoms with E-state index in [-0.39, 0.29) is 4.90 Å². The Morgan fingerprint density at radius 1 is 1.14 bits per heavy atom. The summed E-state index contributed by atoms with van der Waals surface area (Å²) in [6, 6.07) is 8.20. The first kappa shape index (κ1) is 20.8. The Hall–Kier alpha value is -1.97. The summed E-state index contributed by atoms with van der Waals surface area (Å²) in [5, 5.41) is 7.61. The topological polar surface area (TPSA) is 78.7 Å². The molecule has 2 heterocycles. The van der Waals surface area contributed by atoms with Gasteiger partial charge in [-0.2, -0.15) is 4.31 Å². The fraction of sp³-hybridized carbons (Fsp3) is 0.474. The van der Waals surface area contributed by atoms with E-state index in [0.717, 1.165) is 5.69 Å². The number of sulfonamides is 1. The minimum atomic E-state index is -3.61. The van der Waals surface area contributed by atoms with Crippen molar-refractivity contribution in [3.05, 3.63) is 41.3 Å². The van der Waals surface area contributed by atoms with Crippen molar-refractivity contribution < 1.29 is 12.9 Å². The Kier molecular flexibility index (Phi) is 6.07. The Labute approximate surface area is 171 Å². The number of rotatable bonds is 4. The summed E-state index contributed by atoms with van der Waals surface area (Å²) < 4.78 is 32.3. The molecule has 2 aromatic rings. The summed E-state index contributed by atoms with van der Waals surface area (Å²) in [5.41, 5.74) is 2.59. The van der Waals surface area contributed by atoms with Gasteiger partial charge in [0.1, 0.15) is 10.6 Å². The highest BCUT2D eigenvalue weighted by Gasteiger charge is 2.33. The molecular weight excluding hydrogens is 396 g/mol. The molecule has 0 amide bonds. The van der Waals surface area contributed by atoms with Crippen LogP contribution in [0.15, 0.2) is 33.7 Å². The third-order valence-electron chi connectivity index (χ3n) is 4.92. The van der Waals surface area contributed by atoms with Gasteiger partial charge < -0.3 is 14.7 Å². The summed E-state index contributed by atoms with van der Waals surface area (Å²) >= 11 is 5.52. The number of hydrogen-bond acceptors (Lipinski definition) is 5. The van der Waals surface area contributed by atoms with Crippen molar-refractivity contribution in [3.63, 3.8) is 0 Å². The van der Waals surface area contributed by atoms with Gasteiger partial charge in [-0.3, -0.25) is 0 Å². The van der Waals surface area contributed by atoms with Gasteiger partial charge >= 0.3 is 0 Å². The number of aromatic nitrogens is 1. The standard InChI is InChI=1S/C19H26N4O3S2/c1-13(2)16-5-7-17(8-6-16)20-19(27)22-9-11-23(12-10-22)28(24,25)18-14(3)21-26-15(18)4/h5-8,13H,9-12H2,1-4H3,(H,20,27). The van der Waals surface area contributed by atoms with Gasteiger partial charge in [0.2, 0.25) is 10.0 Å². The average molecular weight is 423 g/mol. The van der Waals surface area contributed by atoms with Crippen LogP contribution in [0.3, 0.4) is 0 Å². The smallest absolute Gasteiger partial charge is 0.248 e. The molecule has 0 unspecified atom stereocenters. The Morgan fingerprint density at radius 2 is 1.75 bits per heavy atom. The maximum Gasteiger partial charge on any atom is 0.248 e. The zero-order valence-electron chi connectivity index (χ0n) is 16.6. The zero-order valence-corrected chi connectivity index (χ0v) is 18.2. The van der Waals surface area contributed by atoms with Crippen molar-refractivity contribution >= 4 is 33.0 Å². The van der Waals surface area contributed by atoms with Crippen LogP contribution in [0.2, 0.25) is 0 Å². The number of thiocarbonyl (C=S) groups is 1. The summed E-state index contributed by atoms with van der Waals surface area (Å²) in [5.74, 6) is 0.802. The Bertz CT molecular complexity index is 925. The van der Waals surface area contributed by atoms with Gasteiger partial charge in [0.05, 0.1) is 0 Å². The quantitative estimate of drug-likeness (QED) is 0.759. The van der Waals surface area contributed by atoms with Crippen molar-refractivity contribution in [1.29, 1.82) is 0 Å². The van der Waals surface area contributed by atoms with E-state index in [2.05, 4.69) is 36.5 Å². The van der Waals surface area contributed by atoms with Crippen LogP contribution in [0.25, 0.3) is 0 Å². The molecule has 0 saturated carbocycles. The lowest BCUT2D eigenvalue weighted by Gasteiger charge is -2.35. The molecule has 9 heteroatoms. The second-order valence-corrected chi connectivity index (χ2v) is 9.51. The molecule has 1 N–H and O–H groups in total. The third-order valence-corrected chi connectivity index (χ3v) is 7.42. The van der Waals surface area contributed by atoms with Gasteiger partial charge in [0.15, 0.2) is 10.9 Å². The first-order chi connectivity index (χ1) is 13.2. The molecule has 0 radical (unpaired) electrons. The monoisotopic (exact) mass is 422 g/mol. The summed E-state index contributed by atoms with van der Waals surface area (Å²) in [6.45, 7) is 9.35. The number of piperazine rings is 1. The van der Waals surface area contributed by atoms with Crippen LogP contribution < -0.4 is 5.32 Å². The van der Waals surface area contributed by atoms with Crippen LogP contribution in [-0.4, -0.2) is 54.1 Å². The molecule has 0 atom stereocenters. The van der Waals surface area contributed by atoms with Gasteiger partial charge in [-0.05, 0) is 49.7 Å². The van der Waals surface area contributed by atoms with E-state index in [4.69, 9.17) is 16.7 Å². The maximum atomic E-state index is 12.9. The Morgan fingerprint density at radius 3 is 2.25 bits per heavy atom. The lowest BCUT2D eigenvalue weighted by Crippen LogP contribution is -2.51. The van der Waals surface area contributed by atoms with E-state index >= 15 is 0 Å². The zero-order chi connectivity index (χ0) is 20.5. The van der Waals surface area contributed by atoms with E-state index < -0.39 is 10.0 Å². The lowest BCUT2D eigenvalue weighted by molar-refractivity contribution is 0.268. The van der Waals surface area contributed by atoms with Crippen LogP contribution in [0.1, 0.15) is 36.8 Å². The molecule has 7 nitrogen and oxygen atoms in total. The average Bonchev–Trinajstić information content (AvgIpc) is 3.01. The van der Waals surface area contributed by atoms with Gasteiger partial charge in [-0.25, -0.2) is 8.42 Å². The SMILES string of the molecule is Cc1noc(C)c1S(=O)(=O)N1CCN(C(=S)Nc2ccc(C(C)C)cc2)CC1. The lowest BCUT2D eigenvalue weighted by atomic mass is 10.0. The van der Waals surface area contributed by atoms with Crippen LogP contribution in [-0.2, 0) is 10.0 Å². The van der Waals surface area contributed by atoms with Gasteiger partial charge in [0, 0.05) is 31.9 Å². The largest absolute Gasteiger partial charge is 0.360 e. The summed E-state index contributed by atoms with van der Waals surface area (Å²) in [4.78, 5) is 2.16. The first-order valence-corrected chi connectivity index (χ1v) is 11.1. The van der Waals surface area contributed by atoms with E-state index in [1.54, 1.807) is 13.8 Å². The molecule has 0 spiro atoms. The Balaban J connectivity index is 1.61. The number of hydrogen-bond donors (Lipinski definition) is 1. The highest BCUT2D eigenvalue weighted by atomic mass is 32.2. The number of nitrogens with zero attached hydrogens (tertiary/aromatic N) is 3. The van der Waals surface area contributed by atoms with Crippen LogP contribution in [0, 0.1) is 13.8 Å². The fourth-order valence-electron chi connectivity index (χ4n) is 3.26. The normalized spacial score (nSPS) is 15.8. The van der Waals surface area contributed by atoms with E-state index in [1.165, 1.54) is 9.87 Å². The molecule has 1 fully saturated rings. The molecule has 1 aromatic heterocycles. The van der Waals surface area contributed by atoms with Crippen molar-refractivity contribution in [2.45, 2.75) is 38.5 Å². The molecule has 1 aliphatic rings. The third kappa shape index (κ3) is 4.21. The van der Waals surface area contributed by atoms with Crippen molar-refractivity contribution in [2.75, 3.05) is 31.5 Å². The molecule has 28 heavy (non-hydrogen) atoms. The highest BCUT2D eigenvalue weighted by Crippen LogP contribution is 2.24. The fourth-order valence-corrected chi connectivity index (χ4v) is 5.27. The second-order valence-electron chi connectivity index (χ2n) is 7.25. The number of benzene rings is 1. The van der Waals surface area contributed by atoms with E-state index in [9.17, 15) is 8.42 Å². The van der Waals surface area contributed by atoms with Gasteiger partial charge in [0.25, 0.3) is 0 Å². The predicted octanol–water partition coefficient (Wildman–Crippen LogP) is 3.12. The van der Waals surface area contributed by atoms with Crippen LogP contribution in [0.4, 0.5) is 5.69 Å². The molecule has 1 aromatic carbocycles. The van der Waals surface area contributed by atoms with Crippen molar-refractivity contribution in [2.24, 2.45) is 0 Å². The molecule has 1 aliphatic heterocycles. The van der Waals surface area contributed by atoms with Crippen LogP contribution >= 0.6 is 12.2 Å². The molecule has 152 valence electrons. The summed E-state index contributed by atoms with van der Waals surface area (Å²) in [7, 11) is -3.61. The molecule has 0 aliphatic carbocycles. The van der Waals surface area contributed by atoms with E-state index in [1.807, 2.05) is 17.0 Å². The minimum absolute atomic E-state index is 0.173. The number of aryl methyl sites for hydroxylation is 2. The van der Waals surface area contributed by atoms with Crippen molar-refractivity contribution in [3.8, 4) is 0 Å². The second kappa shape index (κ2) is 8.18. The molecule has 0 bridgehead atoms. The minimum Gasteiger partial charge on any atom is -0.360 e. The van der Waals surface area contributed by atoms with Crippen LogP contribution in [0.5, 0.6) is 0 Å².